The quantitative estimate of drug-likeness (QED) is 0.337. The van der Waals surface area contributed by atoms with E-state index in [1.165, 1.54) is 11.1 Å². The summed E-state index contributed by atoms with van der Waals surface area (Å²) in [6.07, 6.45) is 1.63. The summed E-state index contributed by atoms with van der Waals surface area (Å²) in [5.74, 6) is -0.281. The van der Waals surface area contributed by atoms with E-state index in [0.29, 0.717) is 5.56 Å². The van der Waals surface area contributed by atoms with E-state index in [0.717, 1.165) is 28.1 Å². The average molecular weight is 406 g/mol. The maximum atomic E-state index is 12.9. The van der Waals surface area contributed by atoms with Gasteiger partial charge in [0, 0.05) is 16.7 Å². The van der Waals surface area contributed by atoms with Gasteiger partial charge in [-0.3, -0.25) is 4.79 Å². The van der Waals surface area contributed by atoms with Crippen molar-refractivity contribution >= 4 is 12.1 Å². The number of nitrogens with one attached hydrogen (secondary N) is 1. The fourth-order valence-corrected chi connectivity index (χ4v) is 3.18. The molecule has 31 heavy (non-hydrogen) atoms. The highest BCUT2D eigenvalue weighted by atomic mass is 16.2. The van der Waals surface area contributed by atoms with Gasteiger partial charge < -0.3 is 0 Å². The van der Waals surface area contributed by atoms with Crippen LogP contribution in [-0.4, -0.2) is 17.1 Å². The maximum absolute atomic E-state index is 12.9. The van der Waals surface area contributed by atoms with Crippen molar-refractivity contribution < 1.29 is 4.79 Å². The lowest BCUT2D eigenvalue weighted by Crippen LogP contribution is -2.18. The molecule has 1 N–H and O–H groups in total. The summed E-state index contributed by atoms with van der Waals surface area (Å²) < 4.78 is 0. The third-order valence-corrected chi connectivity index (χ3v) is 4.96. The molecule has 1 heterocycles. The van der Waals surface area contributed by atoms with Crippen molar-refractivity contribution in [3.05, 3.63) is 113 Å². The first-order valence-corrected chi connectivity index (χ1v) is 10.1. The first-order valence-electron chi connectivity index (χ1n) is 10.1. The van der Waals surface area contributed by atoms with E-state index in [-0.39, 0.29) is 5.91 Å². The molecule has 1 amide bonds. The number of amides is 1. The van der Waals surface area contributed by atoms with Crippen LogP contribution in [0.4, 0.5) is 0 Å². The first kappa shape index (κ1) is 20.2. The van der Waals surface area contributed by atoms with Crippen molar-refractivity contribution in [3.8, 4) is 22.5 Å². The fraction of sp³-hybridized carbons (Fsp3) is 0.0741. The maximum Gasteiger partial charge on any atom is 0.271 e. The molecule has 0 radical (unpaired) electrons. The Morgan fingerprint density at radius 2 is 1.29 bits per heavy atom. The van der Waals surface area contributed by atoms with Crippen LogP contribution < -0.4 is 5.43 Å². The number of carbonyl (C=O) groups excluding carboxylic acids is 1. The van der Waals surface area contributed by atoms with Crippen LogP contribution in [0.25, 0.3) is 22.5 Å². The smallest absolute Gasteiger partial charge is 0.267 e. The van der Waals surface area contributed by atoms with Crippen LogP contribution in [0.2, 0.25) is 0 Å². The van der Waals surface area contributed by atoms with Gasteiger partial charge in [-0.2, -0.15) is 5.10 Å². The largest absolute Gasteiger partial charge is 0.271 e. The first-order chi connectivity index (χ1) is 15.1. The molecule has 4 rings (SSSR count). The van der Waals surface area contributed by atoms with Crippen molar-refractivity contribution in [2.24, 2.45) is 5.10 Å². The molecule has 4 heteroatoms. The fourth-order valence-electron chi connectivity index (χ4n) is 3.18. The van der Waals surface area contributed by atoms with E-state index in [9.17, 15) is 4.79 Å². The van der Waals surface area contributed by atoms with Crippen LogP contribution in [0.1, 0.15) is 27.0 Å². The molecule has 1 aromatic heterocycles. The minimum atomic E-state index is -0.281. The van der Waals surface area contributed by atoms with Crippen LogP contribution in [0, 0.1) is 13.8 Å². The Labute approximate surface area is 182 Å². The Hall–Kier alpha value is -4.05. The summed E-state index contributed by atoms with van der Waals surface area (Å²) in [6, 6.07) is 29.5. The Bertz CT molecular complexity index is 1150. The molecule has 0 spiro atoms. The molecule has 0 unspecified atom stereocenters. The summed E-state index contributed by atoms with van der Waals surface area (Å²) in [6.45, 7) is 4.09. The van der Waals surface area contributed by atoms with E-state index in [2.05, 4.69) is 10.5 Å². The summed E-state index contributed by atoms with van der Waals surface area (Å²) in [7, 11) is 0. The van der Waals surface area contributed by atoms with Gasteiger partial charge in [-0.15, -0.1) is 0 Å². The molecule has 0 saturated heterocycles. The lowest BCUT2D eigenvalue weighted by molar-refractivity contribution is 0.0955. The summed E-state index contributed by atoms with van der Waals surface area (Å²) in [5.41, 5.74) is 9.80. The third-order valence-electron chi connectivity index (χ3n) is 4.96. The lowest BCUT2D eigenvalue weighted by atomic mass is 10.0. The molecule has 0 saturated carbocycles. The predicted octanol–water partition coefficient (Wildman–Crippen LogP) is 5.80. The molecule has 0 atom stereocenters. The summed E-state index contributed by atoms with van der Waals surface area (Å²) in [5, 5.41) is 4.10. The molecule has 0 fully saturated rings. The van der Waals surface area contributed by atoms with Crippen molar-refractivity contribution in [3.63, 3.8) is 0 Å². The molecule has 3 aromatic carbocycles. The van der Waals surface area contributed by atoms with Gasteiger partial charge in [-0.1, -0.05) is 90.0 Å². The number of carbonyl (C=O) groups is 1. The van der Waals surface area contributed by atoms with Gasteiger partial charge in [0.1, 0.15) is 0 Å². The van der Waals surface area contributed by atoms with Crippen LogP contribution in [0.3, 0.4) is 0 Å². The molecule has 0 aliphatic carbocycles. The molecule has 0 aliphatic heterocycles. The highest BCUT2D eigenvalue weighted by Gasteiger charge is 2.12. The Morgan fingerprint density at radius 3 is 1.81 bits per heavy atom. The van der Waals surface area contributed by atoms with Gasteiger partial charge in [-0.05, 0) is 31.5 Å². The number of benzene rings is 3. The van der Waals surface area contributed by atoms with Crippen LogP contribution >= 0.6 is 0 Å². The van der Waals surface area contributed by atoms with Crippen LogP contribution in [-0.2, 0) is 0 Å². The van der Waals surface area contributed by atoms with Gasteiger partial charge in [-0.25, -0.2) is 10.4 Å². The number of aromatic nitrogens is 1. The number of hydrogen-bond acceptors (Lipinski definition) is 3. The Balaban J connectivity index is 1.68. The SMILES string of the molecule is Cc1ccc(-c2cc(C(=O)N/N=C/c3ccccc3)cc(-c3ccc(C)cc3)n2)cc1. The second-order valence-electron chi connectivity index (χ2n) is 7.47. The molecule has 152 valence electrons. The second kappa shape index (κ2) is 9.18. The number of hydrazone groups is 1. The minimum Gasteiger partial charge on any atom is -0.267 e. The third kappa shape index (κ3) is 5.11. The van der Waals surface area contributed by atoms with E-state index < -0.39 is 0 Å². The highest BCUT2D eigenvalue weighted by Crippen LogP contribution is 2.25. The number of aryl methyl sites for hydroxylation is 2. The lowest BCUT2D eigenvalue weighted by Gasteiger charge is -2.10. The normalized spacial score (nSPS) is 10.9. The van der Waals surface area contributed by atoms with Gasteiger partial charge in [0.2, 0.25) is 0 Å². The predicted molar refractivity (Wildman–Crippen MR) is 126 cm³/mol. The van der Waals surface area contributed by atoms with Gasteiger partial charge in [0.25, 0.3) is 5.91 Å². The number of pyridine rings is 1. The zero-order chi connectivity index (χ0) is 21.6. The van der Waals surface area contributed by atoms with Crippen molar-refractivity contribution in [2.45, 2.75) is 13.8 Å². The second-order valence-corrected chi connectivity index (χ2v) is 7.47. The van der Waals surface area contributed by atoms with Crippen molar-refractivity contribution in [2.75, 3.05) is 0 Å². The molecular formula is C27H23N3O. The van der Waals surface area contributed by atoms with Gasteiger partial charge in [0.05, 0.1) is 17.6 Å². The Morgan fingerprint density at radius 1 is 0.774 bits per heavy atom. The molecule has 0 aliphatic rings. The van der Waals surface area contributed by atoms with Gasteiger partial charge in [0.15, 0.2) is 0 Å². The minimum absolute atomic E-state index is 0.281. The topological polar surface area (TPSA) is 54.4 Å². The number of rotatable bonds is 5. The standard InChI is InChI=1S/C27H23N3O/c1-19-8-12-22(13-9-19)25-16-24(17-26(29-25)23-14-10-20(2)11-15-23)27(31)30-28-18-21-6-4-3-5-7-21/h3-18H,1-2H3,(H,30,31)/b28-18+. The zero-order valence-electron chi connectivity index (χ0n) is 17.5. The van der Waals surface area contributed by atoms with Gasteiger partial charge >= 0.3 is 0 Å². The van der Waals surface area contributed by atoms with E-state index in [1.807, 2.05) is 92.7 Å². The van der Waals surface area contributed by atoms with E-state index in [4.69, 9.17) is 4.98 Å². The van der Waals surface area contributed by atoms with Crippen molar-refractivity contribution in [1.29, 1.82) is 0 Å². The molecule has 0 bridgehead atoms. The molecule has 4 nitrogen and oxygen atoms in total. The van der Waals surface area contributed by atoms with Crippen LogP contribution in [0.15, 0.2) is 96.1 Å². The Kier molecular flexibility index (Phi) is 5.99. The highest BCUT2D eigenvalue weighted by molar-refractivity contribution is 5.97. The monoisotopic (exact) mass is 405 g/mol. The van der Waals surface area contributed by atoms with E-state index >= 15 is 0 Å². The summed E-state index contributed by atoms with van der Waals surface area (Å²) >= 11 is 0. The number of hydrogen-bond donors (Lipinski definition) is 1. The zero-order valence-corrected chi connectivity index (χ0v) is 17.5. The van der Waals surface area contributed by atoms with Crippen molar-refractivity contribution in [1.82, 2.24) is 10.4 Å². The molecular weight excluding hydrogens is 382 g/mol. The molecule has 4 aromatic rings. The number of nitrogens with zero attached hydrogens (tertiary/aromatic N) is 2. The average Bonchev–Trinajstić information content (AvgIpc) is 2.80. The van der Waals surface area contributed by atoms with Crippen LogP contribution in [0.5, 0.6) is 0 Å². The van der Waals surface area contributed by atoms with E-state index in [1.54, 1.807) is 18.3 Å². The summed E-state index contributed by atoms with van der Waals surface area (Å²) in [4.78, 5) is 17.7.